The Hall–Kier alpha value is -1.59. The summed E-state index contributed by atoms with van der Waals surface area (Å²) in [6, 6.07) is 9.16. The Morgan fingerprint density at radius 3 is 2.80 bits per heavy atom. The third-order valence-electron chi connectivity index (χ3n) is 3.06. The van der Waals surface area contributed by atoms with Crippen molar-refractivity contribution < 1.29 is 14.3 Å². The molecule has 0 aliphatic heterocycles. The van der Waals surface area contributed by atoms with Crippen LogP contribution in [0.4, 0.5) is 0 Å². The minimum absolute atomic E-state index is 0.392. The van der Waals surface area contributed by atoms with Gasteiger partial charge in [0.1, 0.15) is 17.6 Å². The van der Waals surface area contributed by atoms with Crippen molar-refractivity contribution in [3.8, 4) is 11.3 Å². The van der Waals surface area contributed by atoms with Gasteiger partial charge in [-0.1, -0.05) is 22.0 Å². The molecule has 5 heteroatoms. The Morgan fingerprint density at radius 2 is 2.15 bits per heavy atom. The maximum Gasteiger partial charge on any atom is 0.320 e. The summed E-state index contributed by atoms with van der Waals surface area (Å²) < 4.78 is 6.78. The molecule has 2 N–H and O–H groups in total. The number of carboxylic acids is 1. The van der Waals surface area contributed by atoms with Gasteiger partial charge in [0.05, 0.1) is 6.54 Å². The molecule has 0 aliphatic rings. The molecule has 20 heavy (non-hydrogen) atoms. The monoisotopic (exact) mass is 337 g/mol. The fourth-order valence-corrected chi connectivity index (χ4v) is 2.01. The van der Waals surface area contributed by atoms with Gasteiger partial charge in [-0.15, -0.1) is 0 Å². The van der Waals surface area contributed by atoms with Gasteiger partial charge in [0.15, 0.2) is 0 Å². The first kappa shape index (κ1) is 14.8. The number of furan rings is 1. The normalized spacial score (nSPS) is 12.3. The van der Waals surface area contributed by atoms with E-state index < -0.39 is 12.0 Å². The smallest absolute Gasteiger partial charge is 0.320 e. The Labute approximate surface area is 125 Å². The summed E-state index contributed by atoms with van der Waals surface area (Å²) in [4.78, 5) is 10.7. The van der Waals surface area contributed by atoms with Crippen LogP contribution in [0.3, 0.4) is 0 Å². The lowest BCUT2D eigenvalue weighted by molar-refractivity contribution is -0.139. The van der Waals surface area contributed by atoms with E-state index in [9.17, 15) is 4.79 Å². The Kier molecular flexibility index (Phi) is 4.62. The summed E-state index contributed by atoms with van der Waals surface area (Å²) in [5.74, 6) is 0.620. The average Bonchev–Trinajstić information content (AvgIpc) is 2.87. The third-order valence-corrected chi connectivity index (χ3v) is 3.95. The third kappa shape index (κ3) is 3.49. The molecule has 0 fully saturated rings. The number of aliphatic carboxylic acids is 1. The minimum atomic E-state index is -0.875. The van der Waals surface area contributed by atoms with Crippen LogP contribution in [0.1, 0.15) is 18.2 Å². The molecule has 0 saturated heterocycles. The van der Waals surface area contributed by atoms with Crippen LogP contribution in [0.15, 0.2) is 39.2 Å². The number of hydrogen-bond donors (Lipinski definition) is 2. The van der Waals surface area contributed by atoms with Gasteiger partial charge in [-0.25, -0.2) is 0 Å². The standard InChI is InChI=1S/C15H16BrNO3/c1-9-7-11(3-5-13(9)16)14-6-4-12(20-14)8-17-10(2)15(18)19/h3-7,10,17H,8H2,1-2H3,(H,18,19). The SMILES string of the molecule is Cc1cc(-c2ccc(CNC(C)C(=O)O)o2)ccc1Br. The quantitative estimate of drug-likeness (QED) is 0.875. The zero-order chi connectivity index (χ0) is 14.7. The van der Waals surface area contributed by atoms with Crippen molar-refractivity contribution >= 4 is 21.9 Å². The van der Waals surface area contributed by atoms with Crippen molar-refractivity contribution in [3.63, 3.8) is 0 Å². The van der Waals surface area contributed by atoms with Crippen LogP contribution in [-0.2, 0) is 11.3 Å². The molecule has 106 valence electrons. The predicted molar refractivity (Wildman–Crippen MR) is 80.5 cm³/mol. The zero-order valence-electron chi connectivity index (χ0n) is 11.3. The van der Waals surface area contributed by atoms with Crippen LogP contribution in [0.25, 0.3) is 11.3 Å². The Balaban J connectivity index is 2.08. The highest BCUT2D eigenvalue weighted by molar-refractivity contribution is 9.10. The van der Waals surface area contributed by atoms with Crippen LogP contribution in [-0.4, -0.2) is 17.1 Å². The van der Waals surface area contributed by atoms with Crippen LogP contribution in [0.2, 0.25) is 0 Å². The van der Waals surface area contributed by atoms with Crippen LogP contribution >= 0.6 is 15.9 Å². The van der Waals surface area contributed by atoms with E-state index in [1.54, 1.807) is 6.92 Å². The van der Waals surface area contributed by atoms with Crippen LogP contribution in [0, 0.1) is 6.92 Å². The van der Waals surface area contributed by atoms with E-state index in [1.807, 2.05) is 37.3 Å². The number of rotatable bonds is 5. The van der Waals surface area contributed by atoms with Gasteiger partial charge in [0.25, 0.3) is 0 Å². The van der Waals surface area contributed by atoms with Crippen LogP contribution in [0.5, 0.6) is 0 Å². The molecule has 1 unspecified atom stereocenters. The fourth-order valence-electron chi connectivity index (χ4n) is 1.77. The highest BCUT2D eigenvalue weighted by Crippen LogP contribution is 2.26. The lowest BCUT2D eigenvalue weighted by Gasteiger charge is -2.06. The topological polar surface area (TPSA) is 62.5 Å². The summed E-state index contributed by atoms with van der Waals surface area (Å²) >= 11 is 3.47. The van der Waals surface area contributed by atoms with Crippen molar-refractivity contribution in [1.82, 2.24) is 5.32 Å². The highest BCUT2D eigenvalue weighted by Gasteiger charge is 2.11. The lowest BCUT2D eigenvalue weighted by Crippen LogP contribution is -2.32. The maximum absolute atomic E-state index is 10.7. The van der Waals surface area contributed by atoms with E-state index in [4.69, 9.17) is 9.52 Å². The molecule has 0 radical (unpaired) electrons. The van der Waals surface area contributed by atoms with Gasteiger partial charge < -0.3 is 9.52 Å². The number of nitrogens with one attached hydrogen (secondary N) is 1. The van der Waals surface area contributed by atoms with Gasteiger partial charge in [-0.05, 0) is 43.7 Å². The Morgan fingerprint density at radius 1 is 1.40 bits per heavy atom. The number of aryl methyl sites for hydroxylation is 1. The summed E-state index contributed by atoms with van der Waals surface area (Å²) in [7, 11) is 0. The van der Waals surface area contributed by atoms with Crippen molar-refractivity contribution in [2.75, 3.05) is 0 Å². The number of halogens is 1. The van der Waals surface area contributed by atoms with E-state index in [1.165, 1.54) is 0 Å². The first-order valence-corrected chi connectivity index (χ1v) is 7.08. The lowest BCUT2D eigenvalue weighted by atomic mass is 10.1. The molecule has 0 amide bonds. The second-order valence-electron chi connectivity index (χ2n) is 4.67. The maximum atomic E-state index is 10.7. The number of benzene rings is 1. The molecule has 1 atom stereocenters. The molecule has 1 aromatic carbocycles. The summed E-state index contributed by atoms with van der Waals surface area (Å²) in [6.07, 6.45) is 0. The van der Waals surface area contributed by atoms with Crippen molar-refractivity contribution in [1.29, 1.82) is 0 Å². The van der Waals surface area contributed by atoms with E-state index >= 15 is 0 Å². The number of carbonyl (C=O) groups is 1. The van der Waals surface area contributed by atoms with Gasteiger partial charge in [0.2, 0.25) is 0 Å². The van der Waals surface area contributed by atoms with Crippen LogP contribution < -0.4 is 5.32 Å². The molecule has 0 saturated carbocycles. The minimum Gasteiger partial charge on any atom is -0.480 e. The molecule has 2 aromatic rings. The molecule has 0 bridgehead atoms. The van der Waals surface area contributed by atoms with Crippen molar-refractivity contribution in [3.05, 3.63) is 46.1 Å². The highest BCUT2D eigenvalue weighted by atomic mass is 79.9. The number of carboxylic acid groups (broad SMARTS) is 1. The van der Waals surface area contributed by atoms with Gasteiger partial charge in [-0.2, -0.15) is 0 Å². The van der Waals surface area contributed by atoms with E-state index in [2.05, 4.69) is 21.2 Å². The summed E-state index contributed by atoms with van der Waals surface area (Å²) in [5.41, 5.74) is 2.14. The molecule has 4 nitrogen and oxygen atoms in total. The molecule has 1 heterocycles. The molecule has 0 aliphatic carbocycles. The van der Waals surface area contributed by atoms with E-state index in [0.717, 1.165) is 21.4 Å². The first-order chi connectivity index (χ1) is 9.47. The largest absolute Gasteiger partial charge is 0.480 e. The van der Waals surface area contributed by atoms with Crippen molar-refractivity contribution in [2.45, 2.75) is 26.4 Å². The molecular weight excluding hydrogens is 322 g/mol. The molecule has 1 aromatic heterocycles. The zero-order valence-corrected chi connectivity index (χ0v) is 12.9. The predicted octanol–water partition coefficient (Wildman–Crippen LogP) is 3.58. The van der Waals surface area contributed by atoms with Gasteiger partial charge in [-0.3, -0.25) is 10.1 Å². The first-order valence-electron chi connectivity index (χ1n) is 6.29. The molecule has 2 rings (SSSR count). The second-order valence-corrected chi connectivity index (χ2v) is 5.53. The van der Waals surface area contributed by atoms with Gasteiger partial charge in [0, 0.05) is 10.0 Å². The summed E-state index contributed by atoms with van der Waals surface area (Å²) in [6.45, 7) is 4.01. The summed E-state index contributed by atoms with van der Waals surface area (Å²) in [5, 5.41) is 11.7. The Bertz CT molecular complexity index is 621. The average molecular weight is 338 g/mol. The van der Waals surface area contributed by atoms with E-state index in [-0.39, 0.29) is 0 Å². The molecular formula is C15H16BrNO3. The second kappa shape index (κ2) is 6.24. The van der Waals surface area contributed by atoms with Gasteiger partial charge >= 0.3 is 5.97 Å². The molecule has 0 spiro atoms. The number of hydrogen-bond acceptors (Lipinski definition) is 3. The van der Waals surface area contributed by atoms with Crippen molar-refractivity contribution in [2.24, 2.45) is 0 Å². The fraction of sp³-hybridized carbons (Fsp3) is 0.267. The van der Waals surface area contributed by atoms with E-state index in [0.29, 0.717) is 12.3 Å².